The number of halogens is 1. The fourth-order valence-electron chi connectivity index (χ4n) is 3.37. The van der Waals surface area contributed by atoms with Gasteiger partial charge in [0.1, 0.15) is 11.3 Å². The van der Waals surface area contributed by atoms with Gasteiger partial charge in [-0.05, 0) is 42.2 Å². The zero-order valence-corrected chi connectivity index (χ0v) is 16.1. The largest absolute Gasteiger partial charge is 0.293 e. The van der Waals surface area contributed by atoms with E-state index in [2.05, 4.69) is 10.2 Å². The molecule has 0 aliphatic carbocycles. The van der Waals surface area contributed by atoms with E-state index in [-0.39, 0.29) is 23.8 Å². The molecule has 0 saturated heterocycles. The van der Waals surface area contributed by atoms with E-state index in [1.165, 1.54) is 16.8 Å². The normalized spacial score (nSPS) is 11.5. The molecule has 0 fully saturated rings. The van der Waals surface area contributed by atoms with Crippen molar-refractivity contribution in [3.8, 4) is 5.69 Å². The fraction of sp³-hybridized carbons (Fsp3) is 0.227. The molecule has 142 valence electrons. The number of fused-ring (bicyclic) bond motifs is 1. The molecule has 0 aliphatic rings. The van der Waals surface area contributed by atoms with Gasteiger partial charge in [0.25, 0.3) is 5.56 Å². The molecule has 2 aromatic carbocycles. The van der Waals surface area contributed by atoms with E-state index in [0.29, 0.717) is 5.52 Å². The average molecular weight is 376 g/mol. The van der Waals surface area contributed by atoms with Crippen LogP contribution >= 0.6 is 0 Å². The van der Waals surface area contributed by atoms with E-state index < -0.39 is 0 Å². The maximum Gasteiger partial charge on any atom is 0.293 e. The highest BCUT2D eigenvalue weighted by molar-refractivity contribution is 5.82. The molecule has 5 nitrogen and oxygen atoms in total. The zero-order chi connectivity index (χ0) is 19.8. The number of hydrogen-bond donors (Lipinski definition) is 0. The van der Waals surface area contributed by atoms with Gasteiger partial charge in [-0.2, -0.15) is 10.2 Å². The van der Waals surface area contributed by atoms with Gasteiger partial charge in [0.05, 0.1) is 24.1 Å². The first kappa shape index (κ1) is 18.1. The second-order valence-electron chi connectivity index (χ2n) is 7.23. The maximum atomic E-state index is 13.3. The molecule has 0 amide bonds. The second-order valence-corrected chi connectivity index (χ2v) is 7.23. The monoisotopic (exact) mass is 376 g/mol. The molecular formula is C22H21FN4O. The van der Waals surface area contributed by atoms with Crippen LogP contribution in [0.4, 0.5) is 4.39 Å². The molecule has 6 heteroatoms. The molecule has 0 N–H and O–H groups in total. The standard InChI is InChI=1S/C22H21FN4O/c1-14(2)20-18-12-24-27(19-7-5-4-6-15(19)3)21(18)22(28)26(25-20)13-16-8-10-17(23)11-9-16/h4-12,14H,13H2,1-3H3. The van der Waals surface area contributed by atoms with Gasteiger partial charge in [0, 0.05) is 5.39 Å². The summed E-state index contributed by atoms with van der Waals surface area (Å²) in [4.78, 5) is 13.3. The van der Waals surface area contributed by atoms with Crippen molar-refractivity contribution in [3.63, 3.8) is 0 Å². The number of aryl methyl sites for hydroxylation is 1. The predicted molar refractivity (Wildman–Crippen MR) is 107 cm³/mol. The lowest BCUT2D eigenvalue weighted by Crippen LogP contribution is -2.27. The van der Waals surface area contributed by atoms with Gasteiger partial charge < -0.3 is 0 Å². The topological polar surface area (TPSA) is 52.7 Å². The Balaban J connectivity index is 1.95. The van der Waals surface area contributed by atoms with Crippen LogP contribution in [0.2, 0.25) is 0 Å². The van der Waals surface area contributed by atoms with Gasteiger partial charge in [0.2, 0.25) is 0 Å². The first-order valence-corrected chi connectivity index (χ1v) is 9.25. The molecule has 0 spiro atoms. The van der Waals surface area contributed by atoms with Crippen molar-refractivity contribution in [2.45, 2.75) is 33.2 Å². The van der Waals surface area contributed by atoms with Crippen LogP contribution in [-0.2, 0) is 6.54 Å². The van der Waals surface area contributed by atoms with Crippen LogP contribution in [0, 0.1) is 12.7 Å². The van der Waals surface area contributed by atoms with Crippen LogP contribution in [0.15, 0.2) is 59.5 Å². The van der Waals surface area contributed by atoms with Crippen LogP contribution in [-0.4, -0.2) is 19.6 Å². The van der Waals surface area contributed by atoms with E-state index in [1.807, 2.05) is 45.0 Å². The molecule has 2 heterocycles. The van der Waals surface area contributed by atoms with Crippen LogP contribution in [0.25, 0.3) is 16.6 Å². The number of nitrogens with zero attached hydrogens (tertiary/aromatic N) is 4. The minimum atomic E-state index is -0.306. The van der Waals surface area contributed by atoms with E-state index >= 15 is 0 Å². The lowest BCUT2D eigenvalue weighted by Gasteiger charge is -2.13. The summed E-state index contributed by atoms with van der Waals surface area (Å²) >= 11 is 0. The SMILES string of the molecule is Cc1ccccc1-n1ncc2c(C(C)C)nn(Cc3ccc(F)cc3)c(=O)c21. The number of rotatable bonds is 4. The molecular weight excluding hydrogens is 355 g/mol. The van der Waals surface area contributed by atoms with Crippen LogP contribution in [0.3, 0.4) is 0 Å². The smallest absolute Gasteiger partial charge is 0.265 e. The number of para-hydroxylation sites is 1. The molecule has 4 aromatic rings. The quantitative estimate of drug-likeness (QED) is 0.536. The van der Waals surface area contributed by atoms with Gasteiger partial charge in [0.15, 0.2) is 0 Å². The first-order valence-electron chi connectivity index (χ1n) is 9.25. The summed E-state index contributed by atoms with van der Waals surface area (Å²) in [5.41, 5.74) is 3.81. The molecule has 0 atom stereocenters. The molecule has 28 heavy (non-hydrogen) atoms. The summed E-state index contributed by atoms with van der Waals surface area (Å²) in [5.74, 6) is -0.183. The Hall–Kier alpha value is -3.28. The Kier molecular flexibility index (Phi) is 4.55. The number of benzene rings is 2. The predicted octanol–water partition coefficient (Wildman–Crippen LogP) is 4.20. The molecule has 0 unspecified atom stereocenters. The Morgan fingerprint density at radius 1 is 1.07 bits per heavy atom. The van der Waals surface area contributed by atoms with Crippen molar-refractivity contribution in [1.29, 1.82) is 0 Å². The summed E-state index contributed by atoms with van der Waals surface area (Å²) in [6.07, 6.45) is 1.72. The van der Waals surface area contributed by atoms with Crippen molar-refractivity contribution in [2.75, 3.05) is 0 Å². The van der Waals surface area contributed by atoms with E-state index in [4.69, 9.17) is 0 Å². The van der Waals surface area contributed by atoms with Crippen molar-refractivity contribution < 1.29 is 4.39 Å². The first-order chi connectivity index (χ1) is 13.5. The van der Waals surface area contributed by atoms with Gasteiger partial charge >= 0.3 is 0 Å². The van der Waals surface area contributed by atoms with Crippen molar-refractivity contribution in [2.24, 2.45) is 0 Å². The minimum Gasteiger partial charge on any atom is -0.265 e. The summed E-state index contributed by atoms with van der Waals surface area (Å²) in [5, 5.41) is 9.87. The van der Waals surface area contributed by atoms with Crippen molar-refractivity contribution in [3.05, 3.63) is 87.7 Å². The van der Waals surface area contributed by atoms with Gasteiger partial charge in [-0.3, -0.25) is 4.79 Å². The lowest BCUT2D eigenvalue weighted by atomic mass is 10.1. The Bertz CT molecular complexity index is 1210. The average Bonchev–Trinajstić information content (AvgIpc) is 3.11. The number of aromatic nitrogens is 4. The van der Waals surface area contributed by atoms with E-state index in [1.54, 1.807) is 23.0 Å². The summed E-state index contributed by atoms with van der Waals surface area (Å²) in [7, 11) is 0. The molecule has 0 aliphatic heterocycles. The van der Waals surface area contributed by atoms with Gasteiger partial charge in [-0.15, -0.1) is 0 Å². The second kappa shape index (κ2) is 7.03. The Morgan fingerprint density at radius 3 is 2.46 bits per heavy atom. The fourth-order valence-corrected chi connectivity index (χ4v) is 3.37. The van der Waals surface area contributed by atoms with E-state index in [0.717, 1.165) is 27.9 Å². The number of hydrogen-bond acceptors (Lipinski definition) is 3. The van der Waals surface area contributed by atoms with Gasteiger partial charge in [-0.25, -0.2) is 13.8 Å². The summed E-state index contributed by atoms with van der Waals surface area (Å²) < 4.78 is 16.4. The van der Waals surface area contributed by atoms with E-state index in [9.17, 15) is 9.18 Å². The third-order valence-electron chi connectivity index (χ3n) is 4.85. The van der Waals surface area contributed by atoms with Crippen molar-refractivity contribution >= 4 is 10.9 Å². The maximum absolute atomic E-state index is 13.3. The minimum absolute atomic E-state index is 0.122. The molecule has 2 aromatic heterocycles. The molecule has 0 radical (unpaired) electrons. The summed E-state index contributed by atoms with van der Waals surface area (Å²) in [6, 6.07) is 13.9. The highest BCUT2D eigenvalue weighted by atomic mass is 19.1. The molecule has 4 rings (SSSR count). The van der Waals surface area contributed by atoms with Gasteiger partial charge in [-0.1, -0.05) is 44.2 Å². The highest BCUT2D eigenvalue weighted by Gasteiger charge is 2.19. The van der Waals surface area contributed by atoms with Crippen LogP contribution < -0.4 is 5.56 Å². The Labute approximate surface area is 162 Å². The van der Waals surface area contributed by atoms with Crippen molar-refractivity contribution in [1.82, 2.24) is 19.6 Å². The third-order valence-corrected chi connectivity index (χ3v) is 4.85. The lowest BCUT2D eigenvalue weighted by molar-refractivity contribution is 0.606. The summed E-state index contributed by atoms with van der Waals surface area (Å²) in [6.45, 7) is 6.34. The van der Waals surface area contributed by atoms with Crippen LogP contribution in [0.1, 0.15) is 36.6 Å². The Morgan fingerprint density at radius 2 is 1.79 bits per heavy atom. The zero-order valence-electron chi connectivity index (χ0n) is 16.1. The third kappa shape index (κ3) is 3.11. The highest BCUT2D eigenvalue weighted by Crippen LogP contribution is 2.24. The molecule has 0 saturated carbocycles. The molecule has 0 bridgehead atoms. The van der Waals surface area contributed by atoms with Crippen LogP contribution in [0.5, 0.6) is 0 Å².